The van der Waals surface area contributed by atoms with E-state index < -0.39 is 0 Å². The number of rotatable bonds is 5. The highest BCUT2D eigenvalue weighted by Gasteiger charge is 2.06. The van der Waals surface area contributed by atoms with Crippen LogP contribution in [-0.4, -0.2) is 16.1 Å². The first kappa shape index (κ1) is 13.3. The lowest BCUT2D eigenvalue weighted by Crippen LogP contribution is -2.09. The maximum atomic E-state index is 5.71. The Morgan fingerprint density at radius 2 is 2.05 bits per heavy atom. The molecule has 1 N–H and O–H groups in total. The Hall–Kier alpha value is -2.10. The molecule has 2 aromatic heterocycles. The number of hydrogen-bond donors (Lipinski definition) is 1. The summed E-state index contributed by atoms with van der Waals surface area (Å²) in [6.07, 6.45) is 3.75. The average molecular weight is 257 g/mol. The lowest BCUT2D eigenvalue weighted by atomic mass is 10.2. The van der Waals surface area contributed by atoms with Crippen molar-refractivity contribution in [3.05, 3.63) is 47.9 Å². The van der Waals surface area contributed by atoms with E-state index in [0.29, 0.717) is 6.54 Å². The number of hydrogen-bond acceptors (Lipinski definition) is 4. The lowest BCUT2D eigenvalue weighted by Gasteiger charge is -2.14. The Labute approximate surface area is 113 Å². The van der Waals surface area contributed by atoms with E-state index in [2.05, 4.69) is 21.4 Å². The third kappa shape index (κ3) is 3.95. The van der Waals surface area contributed by atoms with Gasteiger partial charge in [0.1, 0.15) is 0 Å². The van der Waals surface area contributed by atoms with Crippen molar-refractivity contribution in [2.24, 2.45) is 0 Å². The van der Waals surface area contributed by atoms with E-state index in [1.807, 2.05) is 45.2 Å². The summed E-state index contributed by atoms with van der Waals surface area (Å²) >= 11 is 0. The molecular formula is C15H19N3O. The number of ether oxygens (including phenoxy) is 1. The second-order valence-electron chi connectivity index (χ2n) is 4.68. The van der Waals surface area contributed by atoms with Crippen LogP contribution in [0, 0.1) is 6.92 Å². The molecule has 0 spiro atoms. The molecule has 0 unspecified atom stereocenters. The Bertz CT molecular complexity index is 523. The normalized spacial score (nSPS) is 10.5. The third-order valence-electron chi connectivity index (χ3n) is 2.57. The van der Waals surface area contributed by atoms with Crippen LogP contribution in [0.1, 0.15) is 25.1 Å². The quantitative estimate of drug-likeness (QED) is 0.893. The highest BCUT2D eigenvalue weighted by molar-refractivity contribution is 5.49. The van der Waals surface area contributed by atoms with Crippen molar-refractivity contribution >= 4 is 5.82 Å². The molecule has 0 aromatic carbocycles. The average Bonchev–Trinajstić information content (AvgIpc) is 2.39. The van der Waals surface area contributed by atoms with E-state index in [-0.39, 0.29) is 6.10 Å². The fourth-order valence-electron chi connectivity index (χ4n) is 1.66. The molecule has 0 aliphatic rings. The highest BCUT2D eigenvalue weighted by atomic mass is 16.5. The van der Waals surface area contributed by atoms with Gasteiger partial charge < -0.3 is 10.1 Å². The molecule has 0 saturated carbocycles. The van der Waals surface area contributed by atoms with Gasteiger partial charge in [0.05, 0.1) is 6.10 Å². The first-order valence-electron chi connectivity index (χ1n) is 6.42. The molecule has 100 valence electrons. The van der Waals surface area contributed by atoms with Gasteiger partial charge in [-0.05, 0) is 44.5 Å². The van der Waals surface area contributed by atoms with Gasteiger partial charge in [-0.25, -0.2) is 4.98 Å². The van der Waals surface area contributed by atoms with Gasteiger partial charge in [0, 0.05) is 24.6 Å². The third-order valence-corrected chi connectivity index (χ3v) is 2.57. The molecule has 0 aliphatic carbocycles. The molecule has 2 rings (SSSR count). The molecule has 2 aromatic rings. The van der Waals surface area contributed by atoms with Crippen LogP contribution in [0.25, 0.3) is 0 Å². The van der Waals surface area contributed by atoms with Gasteiger partial charge in [0.25, 0.3) is 0 Å². The lowest BCUT2D eigenvalue weighted by molar-refractivity contribution is 0.243. The zero-order valence-electron chi connectivity index (χ0n) is 11.6. The molecule has 0 bridgehead atoms. The molecule has 19 heavy (non-hydrogen) atoms. The van der Waals surface area contributed by atoms with Gasteiger partial charge in [-0.2, -0.15) is 0 Å². The van der Waals surface area contributed by atoms with Crippen LogP contribution in [0.4, 0.5) is 5.82 Å². The zero-order valence-corrected chi connectivity index (χ0v) is 11.6. The smallest absolute Gasteiger partial charge is 0.169 e. The topological polar surface area (TPSA) is 47.0 Å². The van der Waals surface area contributed by atoms with Crippen molar-refractivity contribution in [3.63, 3.8) is 0 Å². The Balaban J connectivity index is 2.04. The van der Waals surface area contributed by atoms with Crippen molar-refractivity contribution in [2.75, 3.05) is 5.32 Å². The van der Waals surface area contributed by atoms with Crippen molar-refractivity contribution in [3.8, 4) is 5.75 Å². The number of anilines is 1. The molecule has 0 atom stereocenters. The van der Waals surface area contributed by atoms with Crippen molar-refractivity contribution in [1.82, 2.24) is 9.97 Å². The van der Waals surface area contributed by atoms with Crippen LogP contribution in [0.15, 0.2) is 36.7 Å². The number of nitrogens with one attached hydrogen (secondary N) is 1. The van der Waals surface area contributed by atoms with Crippen LogP contribution in [0.5, 0.6) is 5.75 Å². The molecule has 2 heterocycles. The number of aryl methyl sites for hydroxylation is 1. The van der Waals surface area contributed by atoms with Crippen molar-refractivity contribution in [1.29, 1.82) is 0 Å². The summed E-state index contributed by atoms with van der Waals surface area (Å²) in [5.41, 5.74) is 2.14. The molecule has 4 nitrogen and oxygen atoms in total. The van der Waals surface area contributed by atoms with Crippen LogP contribution >= 0.6 is 0 Å². The summed E-state index contributed by atoms with van der Waals surface area (Å²) in [4.78, 5) is 8.58. The van der Waals surface area contributed by atoms with Gasteiger partial charge in [-0.3, -0.25) is 4.98 Å². The largest absolute Gasteiger partial charge is 0.487 e. The minimum Gasteiger partial charge on any atom is -0.487 e. The van der Waals surface area contributed by atoms with E-state index in [9.17, 15) is 0 Å². The van der Waals surface area contributed by atoms with E-state index >= 15 is 0 Å². The Morgan fingerprint density at radius 1 is 1.21 bits per heavy atom. The van der Waals surface area contributed by atoms with Crippen LogP contribution < -0.4 is 10.1 Å². The predicted molar refractivity (Wildman–Crippen MR) is 76.3 cm³/mol. The van der Waals surface area contributed by atoms with Crippen molar-refractivity contribution < 1.29 is 4.74 Å². The van der Waals surface area contributed by atoms with Crippen LogP contribution in [0.3, 0.4) is 0 Å². The summed E-state index contributed by atoms with van der Waals surface area (Å²) in [7, 11) is 0. The van der Waals surface area contributed by atoms with Crippen LogP contribution in [0.2, 0.25) is 0 Å². The summed E-state index contributed by atoms with van der Waals surface area (Å²) in [6, 6.07) is 7.85. The number of aromatic nitrogens is 2. The molecule has 0 saturated heterocycles. The van der Waals surface area contributed by atoms with Gasteiger partial charge in [0.2, 0.25) is 0 Å². The van der Waals surface area contributed by atoms with Gasteiger partial charge in [-0.15, -0.1) is 0 Å². The molecule has 0 amide bonds. The molecule has 4 heteroatoms. The minimum atomic E-state index is 0.130. The zero-order chi connectivity index (χ0) is 13.7. The van der Waals surface area contributed by atoms with Gasteiger partial charge in [-0.1, -0.05) is 6.07 Å². The second kappa shape index (κ2) is 6.18. The fraction of sp³-hybridized carbons (Fsp3) is 0.333. The van der Waals surface area contributed by atoms with Crippen LogP contribution in [-0.2, 0) is 6.54 Å². The second-order valence-corrected chi connectivity index (χ2v) is 4.68. The van der Waals surface area contributed by atoms with E-state index in [1.54, 1.807) is 6.20 Å². The summed E-state index contributed by atoms with van der Waals surface area (Å²) in [5, 5.41) is 3.28. The first-order valence-corrected chi connectivity index (χ1v) is 6.42. The summed E-state index contributed by atoms with van der Waals surface area (Å²) in [5.74, 6) is 1.54. The molecule has 0 fully saturated rings. The number of pyridine rings is 2. The van der Waals surface area contributed by atoms with E-state index in [1.165, 1.54) is 0 Å². The Morgan fingerprint density at radius 3 is 2.74 bits per heavy atom. The highest BCUT2D eigenvalue weighted by Crippen LogP contribution is 2.22. The van der Waals surface area contributed by atoms with Gasteiger partial charge in [0.15, 0.2) is 11.6 Å². The monoisotopic (exact) mass is 257 g/mol. The van der Waals surface area contributed by atoms with Crippen molar-refractivity contribution in [2.45, 2.75) is 33.4 Å². The first-order chi connectivity index (χ1) is 9.15. The van der Waals surface area contributed by atoms with Gasteiger partial charge >= 0.3 is 0 Å². The minimum absolute atomic E-state index is 0.130. The molecular weight excluding hydrogens is 238 g/mol. The molecule has 0 aliphatic heterocycles. The number of nitrogens with zero attached hydrogens (tertiary/aromatic N) is 2. The standard InChI is InChI=1S/C15H19N3O/c1-11(2)19-14-5-4-8-16-15(14)18-10-13-7-6-12(3)17-9-13/h4-9,11H,10H2,1-3H3,(H,16,18). The predicted octanol–water partition coefficient (Wildman–Crippen LogP) is 3.18. The SMILES string of the molecule is Cc1ccc(CNc2ncccc2OC(C)C)cn1. The maximum absolute atomic E-state index is 5.71. The maximum Gasteiger partial charge on any atom is 0.169 e. The molecule has 0 radical (unpaired) electrons. The summed E-state index contributed by atoms with van der Waals surface area (Å²) in [6.45, 7) is 6.66. The fourth-order valence-corrected chi connectivity index (χ4v) is 1.66. The summed E-state index contributed by atoms with van der Waals surface area (Å²) < 4.78 is 5.71. The van der Waals surface area contributed by atoms with E-state index in [4.69, 9.17) is 4.74 Å². The van der Waals surface area contributed by atoms with E-state index in [0.717, 1.165) is 22.8 Å². The Kier molecular flexibility index (Phi) is 4.34.